The fourth-order valence-corrected chi connectivity index (χ4v) is 4.03. The van der Waals surface area contributed by atoms with Gasteiger partial charge in [0, 0.05) is 6.42 Å². The Bertz CT molecular complexity index is 559. The van der Waals surface area contributed by atoms with Crippen LogP contribution in [0.25, 0.3) is 0 Å². The molecule has 164 valence electrons. The second kappa shape index (κ2) is 10.2. The molecular weight excluding hydrogens is 380 g/mol. The lowest BCUT2D eigenvalue weighted by Gasteiger charge is -2.17. The van der Waals surface area contributed by atoms with Gasteiger partial charge < -0.3 is 28.4 Å². The van der Waals surface area contributed by atoms with Crippen LogP contribution in [0.2, 0.25) is 0 Å². The van der Waals surface area contributed by atoms with Crippen molar-refractivity contribution in [1.29, 1.82) is 0 Å². The highest BCUT2D eigenvalue weighted by Crippen LogP contribution is 2.31. The van der Waals surface area contributed by atoms with Gasteiger partial charge in [-0.05, 0) is 12.8 Å². The summed E-state index contributed by atoms with van der Waals surface area (Å²) in [6.45, 7) is 2.12. The van der Waals surface area contributed by atoms with Crippen LogP contribution in [0.4, 0.5) is 0 Å². The predicted molar refractivity (Wildman–Crippen MR) is 100 cm³/mol. The maximum Gasteiger partial charge on any atom is 0.308 e. The van der Waals surface area contributed by atoms with Crippen molar-refractivity contribution in [2.75, 3.05) is 26.4 Å². The molecule has 0 amide bonds. The van der Waals surface area contributed by atoms with E-state index in [-0.39, 0.29) is 49.9 Å². The normalized spacial score (nSPS) is 34.6. The zero-order valence-electron chi connectivity index (χ0n) is 16.9. The number of ether oxygens (including phenoxy) is 6. The maximum absolute atomic E-state index is 12.1. The SMILES string of the molecule is O=C(CCCCCCCCC1CO1)O[C@H]1CO[C@H]2[C@@H]1OC[C@H]2OC(=O)CC1CO1. The predicted octanol–water partition coefficient (Wildman–Crippen LogP) is 1.92. The molecule has 0 aromatic carbocycles. The topological polar surface area (TPSA) is 96.1 Å². The van der Waals surface area contributed by atoms with E-state index in [0.29, 0.717) is 19.1 Å². The highest BCUT2D eigenvalue weighted by molar-refractivity contribution is 5.71. The number of carbonyl (C=O) groups is 2. The van der Waals surface area contributed by atoms with Crippen molar-refractivity contribution in [2.45, 2.75) is 94.4 Å². The Labute approximate surface area is 171 Å². The molecule has 0 aromatic heterocycles. The fourth-order valence-electron chi connectivity index (χ4n) is 4.03. The average Bonchev–Trinajstić information content (AvgIpc) is 3.61. The molecule has 4 heterocycles. The van der Waals surface area contributed by atoms with E-state index in [1.807, 2.05) is 0 Å². The molecule has 0 radical (unpaired) electrons. The van der Waals surface area contributed by atoms with Gasteiger partial charge in [0.15, 0.2) is 12.2 Å². The van der Waals surface area contributed by atoms with E-state index in [9.17, 15) is 9.59 Å². The number of fused-ring (bicyclic) bond motifs is 1. The lowest BCUT2D eigenvalue weighted by Crippen LogP contribution is -2.36. The molecule has 0 aliphatic carbocycles. The number of rotatable bonds is 13. The molecule has 0 N–H and O–H groups in total. The van der Waals surface area contributed by atoms with Gasteiger partial charge in [0.25, 0.3) is 0 Å². The number of hydrogen-bond acceptors (Lipinski definition) is 8. The summed E-state index contributed by atoms with van der Waals surface area (Å²) >= 11 is 0. The summed E-state index contributed by atoms with van der Waals surface area (Å²) in [7, 11) is 0. The third-order valence-electron chi connectivity index (χ3n) is 5.88. The minimum atomic E-state index is -0.443. The Morgan fingerprint density at radius 1 is 0.655 bits per heavy atom. The van der Waals surface area contributed by atoms with Crippen LogP contribution in [0.3, 0.4) is 0 Å². The van der Waals surface area contributed by atoms with Crippen LogP contribution in [-0.4, -0.2) is 75.0 Å². The minimum absolute atomic E-state index is 0.00356. The van der Waals surface area contributed by atoms with Crippen molar-refractivity contribution in [1.82, 2.24) is 0 Å². The van der Waals surface area contributed by atoms with Crippen molar-refractivity contribution in [3.05, 3.63) is 0 Å². The van der Waals surface area contributed by atoms with Crippen LogP contribution < -0.4 is 0 Å². The van der Waals surface area contributed by atoms with Gasteiger partial charge in [-0.15, -0.1) is 0 Å². The molecule has 4 aliphatic heterocycles. The molecule has 0 aromatic rings. The second-order valence-electron chi connectivity index (χ2n) is 8.43. The molecule has 4 rings (SSSR count). The van der Waals surface area contributed by atoms with E-state index in [1.54, 1.807) is 0 Å². The van der Waals surface area contributed by atoms with Gasteiger partial charge in [-0.25, -0.2) is 0 Å². The zero-order chi connectivity index (χ0) is 20.1. The maximum atomic E-state index is 12.1. The van der Waals surface area contributed by atoms with Gasteiger partial charge in [-0.2, -0.15) is 0 Å². The number of unbranched alkanes of at least 4 members (excludes halogenated alkanes) is 5. The molecule has 0 spiro atoms. The highest BCUT2D eigenvalue weighted by Gasteiger charge is 2.51. The molecule has 0 saturated carbocycles. The monoisotopic (exact) mass is 412 g/mol. The number of carbonyl (C=O) groups excluding carboxylic acids is 2. The Hall–Kier alpha value is -1.22. The van der Waals surface area contributed by atoms with E-state index < -0.39 is 12.2 Å². The summed E-state index contributed by atoms with van der Waals surface area (Å²) in [6, 6.07) is 0. The van der Waals surface area contributed by atoms with Gasteiger partial charge in [0.2, 0.25) is 0 Å². The van der Waals surface area contributed by atoms with Crippen molar-refractivity contribution in [3.8, 4) is 0 Å². The standard InChI is InChI=1S/C21H32O8/c22-18(8-6-4-2-1-3-5-7-14-10-24-14)28-16-12-26-21-17(13-27-20(16)21)29-19(23)9-15-11-25-15/h14-17,20-21H,1-13H2/t14?,15?,16-,17+,20+,21+/m0/s1. The summed E-state index contributed by atoms with van der Waals surface area (Å²) in [5.41, 5.74) is 0. The van der Waals surface area contributed by atoms with Crippen molar-refractivity contribution in [2.24, 2.45) is 0 Å². The van der Waals surface area contributed by atoms with Crippen LogP contribution in [-0.2, 0) is 38.0 Å². The van der Waals surface area contributed by atoms with E-state index in [2.05, 4.69) is 0 Å². The molecule has 4 fully saturated rings. The van der Waals surface area contributed by atoms with Gasteiger partial charge in [0.1, 0.15) is 12.2 Å². The minimum Gasteiger partial charge on any atom is -0.457 e. The van der Waals surface area contributed by atoms with Gasteiger partial charge in [0.05, 0.1) is 45.1 Å². The number of hydrogen-bond donors (Lipinski definition) is 0. The van der Waals surface area contributed by atoms with Gasteiger partial charge >= 0.3 is 11.9 Å². The molecule has 6 atom stereocenters. The van der Waals surface area contributed by atoms with Gasteiger partial charge in [-0.3, -0.25) is 9.59 Å². The summed E-state index contributed by atoms with van der Waals surface area (Å²) in [6.07, 6.45) is 7.55. The third kappa shape index (κ3) is 6.64. The molecule has 0 bridgehead atoms. The summed E-state index contributed by atoms with van der Waals surface area (Å²) in [4.78, 5) is 24.0. The van der Waals surface area contributed by atoms with Crippen LogP contribution >= 0.6 is 0 Å². The van der Waals surface area contributed by atoms with Crippen molar-refractivity contribution < 1.29 is 38.0 Å². The highest BCUT2D eigenvalue weighted by atomic mass is 16.7. The molecular formula is C21H32O8. The Morgan fingerprint density at radius 3 is 1.83 bits per heavy atom. The number of epoxide rings is 2. The molecule has 8 nitrogen and oxygen atoms in total. The first-order chi connectivity index (χ1) is 14.2. The first-order valence-electron chi connectivity index (χ1n) is 11.0. The van der Waals surface area contributed by atoms with Crippen LogP contribution in [0, 0.1) is 0 Å². The lowest BCUT2D eigenvalue weighted by molar-refractivity contribution is -0.155. The van der Waals surface area contributed by atoms with Crippen LogP contribution in [0.15, 0.2) is 0 Å². The van der Waals surface area contributed by atoms with E-state index in [0.717, 1.165) is 25.9 Å². The second-order valence-corrected chi connectivity index (χ2v) is 8.43. The van der Waals surface area contributed by atoms with Crippen molar-refractivity contribution >= 4 is 11.9 Å². The Morgan fingerprint density at radius 2 is 1.21 bits per heavy atom. The first-order valence-corrected chi connectivity index (χ1v) is 11.0. The summed E-state index contributed by atoms with van der Waals surface area (Å²) < 4.78 is 32.7. The average molecular weight is 412 g/mol. The Balaban J connectivity index is 1.05. The smallest absolute Gasteiger partial charge is 0.308 e. The van der Waals surface area contributed by atoms with Crippen LogP contribution in [0.5, 0.6) is 0 Å². The quantitative estimate of drug-likeness (QED) is 0.257. The molecule has 29 heavy (non-hydrogen) atoms. The third-order valence-corrected chi connectivity index (χ3v) is 5.88. The van der Waals surface area contributed by atoms with Crippen molar-refractivity contribution in [3.63, 3.8) is 0 Å². The summed E-state index contributed by atoms with van der Waals surface area (Å²) in [5.74, 6) is -0.508. The molecule has 8 heteroatoms. The first kappa shape index (κ1) is 21.0. The van der Waals surface area contributed by atoms with Crippen LogP contribution in [0.1, 0.15) is 57.8 Å². The van der Waals surface area contributed by atoms with E-state index >= 15 is 0 Å². The summed E-state index contributed by atoms with van der Waals surface area (Å²) in [5, 5.41) is 0. The zero-order valence-corrected chi connectivity index (χ0v) is 16.9. The Kier molecular flexibility index (Phi) is 7.39. The van der Waals surface area contributed by atoms with Gasteiger partial charge in [-0.1, -0.05) is 32.1 Å². The number of esters is 2. The molecule has 4 aliphatic rings. The molecule has 4 saturated heterocycles. The van der Waals surface area contributed by atoms with E-state index in [4.69, 9.17) is 28.4 Å². The largest absolute Gasteiger partial charge is 0.457 e. The van der Waals surface area contributed by atoms with E-state index in [1.165, 1.54) is 25.7 Å². The fraction of sp³-hybridized carbons (Fsp3) is 0.905. The lowest BCUT2D eigenvalue weighted by atomic mass is 10.1. The molecule has 2 unspecified atom stereocenters.